The molecule has 24 heavy (non-hydrogen) atoms. The fourth-order valence-corrected chi connectivity index (χ4v) is 3.18. The zero-order valence-corrected chi connectivity index (χ0v) is 14.4. The second kappa shape index (κ2) is 7.31. The largest absolute Gasteiger partial charge is 0.349 e. The predicted molar refractivity (Wildman–Crippen MR) is 95.5 cm³/mol. The number of nitrogens with zero attached hydrogens (tertiary/aromatic N) is 3. The first kappa shape index (κ1) is 16.3. The summed E-state index contributed by atoms with van der Waals surface area (Å²) < 4.78 is 0. The number of hydrogen-bond acceptors (Lipinski definition) is 6. The van der Waals surface area contributed by atoms with E-state index in [4.69, 9.17) is 0 Å². The molecule has 0 atom stereocenters. The molecule has 6 heteroatoms. The van der Waals surface area contributed by atoms with Crippen molar-refractivity contribution in [3.8, 4) is 0 Å². The molecule has 0 amide bonds. The minimum Gasteiger partial charge on any atom is -0.349 e. The maximum atomic E-state index is 11.4. The lowest BCUT2D eigenvalue weighted by Gasteiger charge is -2.05. The van der Waals surface area contributed by atoms with E-state index in [0.717, 1.165) is 17.1 Å². The quantitative estimate of drug-likeness (QED) is 0.695. The van der Waals surface area contributed by atoms with Crippen LogP contribution in [0, 0.1) is 6.92 Å². The standard InChI is InChI=1S/C18H18N4OS/c1-12-16(13(2)23)10-20-18(21-12)19-9-15-11-24-17(22-15)8-14-6-4-3-5-7-14/h3-7,10-11H,8-9H2,1-2H3,(H,19,20,21). The minimum absolute atomic E-state index is 0.0240. The highest BCUT2D eigenvalue weighted by Gasteiger charge is 2.08. The number of rotatable bonds is 6. The molecule has 0 spiro atoms. The summed E-state index contributed by atoms with van der Waals surface area (Å²) in [5.41, 5.74) is 3.45. The van der Waals surface area contributed by atoms with Gasteiger partial charge in [0.2, 0.25) is 5.95 Å². The highest BCUT2D eigenvalue weighted by atomic mass is 32.1. The average molecular weight is 338 g/mol. The second-order valence-corrected chi connectivity index (χ2v) is 6.44. The molecule has 2 heterocycles. The number of carbonyl (C=O) groups excluding carboxylic acids is 1. The van der Waals surface area contributed by atoms with Crippen LogP contribution in [0.2, 0.25) is 0 Å². The molecule has 122 valence electrons. The summed E-state index contributed by atoms with van der Waals surface area (Å²) in [5, 5.41) is 6.28. The van der Waals surface area contributed by atoms with Gasteiger partial charge in [0.05, 0.1) is 28.5 Å². The summed E-state index contributed by atoms with van der Waals surface area (Å²) in [6.07, 6.45) is 2.41. The van der Waals surface area contributed by atoms with Crippen LogP contribution in [0.1, 0.15) is 39.2 Å². The number of thiazole rings is 1. The summed E-state index contributed by atoms with van der Waals surface area (Å²) in [6, 6.07) is 10.3. The van der Waals surface area contributed by atoms with E-state index in [2.05, 4.69) is 32.4 Å². The monoisotopic (exact) mass is 338 g/mol. The molecule has 3 aromatic rings. The molecule has 0 aliphatic heterocycles. The molecular weight excluding hydrogens is 320 g/mol. The molecule has 0 aliphatic carbocycles. The van der Waals surface area contributed by atoms with Crippen molar-refractivity contribution in [3.63, 3.8) is 0 Å². The summed E-state index contributed by atoms with van der Waals surface area (Å²) in [4.78, 5) is 24.5. The van der Waals surface area contributed by atoms with Gasteiger partial charge in [-0.15, -0.1) is 11.3 Å². The maximum Gasteiger partial charge on any atom is 0.223 e. The highest BCUT2D eigenvalue weighted by molar-refractivity contribution is 7.09. The van der Waals surface area contributed by atoms with Crippen LogP contribution in [0.4, 0.5) is 5.95 Å². The number of Topliss-reactive ketones (excluding diaryl/α,β-unsaturated/α-hetero) is 1. The molecular formula is C18H18N4OS. The number of hydrogen-bond donors (Lipinski definition) is 1. The van der Waals surface area contributed by atoms with Gasteiger partial charge in [-0.05, 0) is 19.4 Å². The molecule has 0 bridgehead atoms. The normalized spacial score (nSPS) is 10.6. The number of nitrogens with one attached hydrogen (secondary N) is 1. The van der Waals surface area contributed by atoms with Gasteiger partial charge < -0.3 is 5.32 Å². The SMILES string of the molecule is CC(=O)c1cnc(NCc2csc(Cc3ccccc3)n2)nc1C. The Morgan fingerprint density at radius 3 is 2.71 bits per heavy atom. The Morgan fingerprint density at radius 1 is 1.21 bits per heavy atom. The van der Waals surface area contributed by atoms with E-state index in [-0.39, 0.29) is 5.78 Å². The highest BCUT2D eigenvalue weighted by Crippen LogP contribution is 2.16. The Hall–Kier alpha value is -2.60. The Kier molecular flexibility index (Phi) is 4.96. The van der Waals surface area contributed by atoms with E-state index >= 15 is 0 Å². The first-order valence-electron chi connectivity index (χ1n) is 7.67. The third kappa shape index (κ3) is 4.02. The van der Waals surface area contributed by atoms with Crippen molar-refractivity contribution in [3.05, 3.63) is 69.4 Å². The van der Waals surface area contributed by atoms with Crippen molar-refractivity contribution >= 4 is 23.1 Å². The first-order valence-corrected chi connectivity index (χ1v) is 8.55. The molecule has 1 N–H and O–H groups in total. The van der Waals surface area contributed by atoms with Crippen molar-refractivity contribution < 1.29 is 4.79 Å². The van der Waals surface area contributed by atoms with Crippen molar-refractivity contribution in [1.82, 2.24) is 15.0 Å². The lowest BCUT2D eigenvalue weighted by molar-refractivity contribution is 0.101. The Labute approximate surface area is 144 Å². The van der Waals surface area contributed by atoms with Crippen LogP contribution >= 0.6 is 11.3 Å². The van der Waals surface area contributed by atoms with Gasteiger partial charge in [0.15, 0.2) is 5.78 Å². The molecule has 0 saturated heterocycles. The van der Waals surface area contributed by atoms with Crippen molar-refractivity contribution in [2.75, 3.05) is 5.32 Å². The van der Waals surface area contributed by atoms with Gasteiger partial charge in [0, 0.05) is 18.0 Å². The lowest BCUT2D eigenvalue weighted by atomic mass is 10.2. The molecule has 2 aromatic heterocycles. The van der Waals surface area contributed by atoms with Gasteiger partial charge in [-0.1, -0.05) is 30.3 Å². The van der Waals surface area contributed by atoms with Gasteiger partial charge in [0.1, 0.15) is 0 Å². The number of anilines is 1. The van der Waals surface area contributed by atoms with Crippen LogP contribution in [-0.2, 0) is 13.0 Å². The van der Waals surface area contributed by atoms with Crippen LogP contribution in [0.15, 0.2) is 41.9 Å². The Balaban J connectivity index is 1.61. The summed E-state index contributed by atoms with van der Waals surface area (Å²) in [5.74, 6) is 0.485. The third-order valence-corrected chi connectivity index (χ3v) is 4.48. The van der Waals surface area contributed by atoms with E-state index in [9.17, 15) is 4.79 Å². The Morgan fingerprint density at radius 2 is 2.00 bits per heavy atom. The first-order chi connectivity index (χ1) is 11.6. The summed E-state index contributed by atoms with van der Waals surface area (Å²) in [6.45, 7) is 3.89. The number of ketones is 1. The maximum absolute atomic E-state index is 11.4. The summed E-state index contributed by atoms with van der Waals surface area (Å²) in [7, 11) is 0. The van der Waals surface area contributed by atoms with Gasteiger partial charge in [0.25, 0.3) is 0 Å². The smallest absolute Gasteiger partial charge is 0.223 e. The van der Waals surface area contributed by atoms with Crippen LogP contribution < -0.4 is 5.32 Å². The molecule has 0 unspecified atom stereocenters. The molecule has 5 nitrogen and oxygen atoms in total. The van der Waals surface area contributed by atoms with Gasteiger partial charge in [-0.2, -0.15) is 0 Å². The van der Waals surface area contributed by atoms with Gasteiger partial charge in [-0.3, -0.25) is 4.79 Å². The molecule has 0 aliphatic rings. The third-order valence-electron chi connectivity index (χ3n) is 3.58. The van der Waals surface area contributed by atoms with Crippen molar-refractivity contribution in [2.24, 2.45) is 0 Å². The Bertz CT molecular complexity index is 845. The predicted octanol–water partition coefficient (Wildman–Crippen LogP) is 3.65. The molecule has 1 aromatic carbocycles. The summed E-state index contributed by atoms with van der Waals surface area (Å²) >= 11 is 1.65. The number of carbonyl (C=O) groups is 1. The van der Waals surface area contributed by atoms with Gasteiger partial charge in [-0.25, -0.2) is 15.0 Å². The van der Waals surface area contributed by atoms with Crippen molar-refractivity contribution in [1.29, 1.82) is 0 Å². The number of benzene rings is 1. The number of aryl methyl sites for hydroxylation is 1. The van der Waals surface area contributed by atoms with E-state index in [1.165, 1.54) is 12.5 Å². The number of aromatic nitrogens is 3. The lowest BCUT2D eigenvalue weighted by Crippen LogP contribution is -2.07. The molecule has 0 radical (unpaired) electrons. The van der Waals surface area contributed by atoms with Gasteiger partial charge >= 0.3 is 0 Å². The average Bonchev–Trinajstić information content (AvgIpc) is 3.01. The minimum atomic E-state index is -0.0240. The van der Waals surface area contributed by atoms with E-state index in [1.807, 2.05) is 30.5 Å². The van der Waals surface area contributed by atoms with E-state index < -0.39 is 0 Å². The fourth-order valence-electron chi connectivity index (χ4n) is 2.35. The molecule has 0 saturated carbocycles. The van der Waals surface area contributed by atoms with E-state index in [1.54, 1.807) is 17.5 Å². The van der Waals surface area contributed by atoms with Crippen LogP contribution in [0.5, 0.6) is 0 Å². The fraction of sp³-hybridized carbons (Fsp3) is 0.222. The van der Waals surface area contributed by atoms with Crippen molar-refractivity contribution in [2.45, 2.75) is 26.8 Å². The van der Waals surface area contributed by atoms with E-state index in [0.29, 0.717) is 23.8 Å². The van der Waals surface area contributed by atoms with Crippen LogP contribution in [-0.4, -0.2) is 20.7 Å². The van der Waals surface area contributed by atoms with Crippen LogP contribution in [0.25, 0.3) is 0 Å². The zero-order chi connectivity index (χ0) is 16.9. The topological polar surface area (TPSA) is 67.8 Å². The van der Waals surface area contributed by atoms with Crippen LogP contribution in [0.3, 0.4) is 0 Å². The second-order valence-electron chi connectivity index (χ2n) is 5.50. The molecule has 3 rings (SSSR count). The molecule has 0 fully saturated rings. The zero-order valence-electron chi connectivity index (χ0n) is 13.6.